The fraction of sp³-hybridized carbons (Fsp3) is 0.111. The van der Waals surface area contributed by atoms with Gasteiger partial charge in [0, 0.05) is 11.1 Å². The molecule has 32 heavy (non-hydrogen) atoms. The topological polar surface area (TPSA) is 55.7 Å². The third-order valence-electron chi connectivity index (χ3n) is 5.10. The lowest BCUT2D eigenvalue weighted by Crippen LogP contribution is -1.98. The number of nitrogens with zero attached hydrogens (tertiary/aromatic N) is 2. The molecule has 0 radical (unpaired) electrons. The molecule has 1 aromatic heterocycles. The number of oxime groups is 1. The van der Waals surface area contributed by atoms with Crippen molar-refractivity contribution in [2.24, 2.45) is 5.16 Å². The molecule has 0 bridgehead atoms. The van der Waals surface area contributed by atoms with Gasteiger partial charge in [-0.3, -0.25) is 0 Å². The zero-order valence-corrected chi connectivity index (χ0v) is 18.4. The molecule has 0 saturated carbocycles. The zero-order chi connectivity index (χ0) is 22.3. The summed E-state index contributed by atoms with van der Waals surface area (Å²) >= 11 is 0. The molecule has 0 atom stereocenters. The maximum Gasteiger partial charge on any atom is 0.145 e. The van der Waals surface area contributed by atoms with Crippen LogP contribution in [-0.2, 0) is 4.84 Å². The summed E-state index contributed by atoms with van der Waals surface area (Å²) in [5.74, 6) is 0.738. The monoisotopic (exact) mass is 423 g/mol. The number of hydrogen-bond donors (Lipinski definition) is 1. The van der Waals surface area contributed by atoms with Crippen LogP contribution in [0.25, 0.3) is 23.1 Å². The highest BCUT2D eigenvalue weighted by atomic mass is 16.6. The van der Waals surface area contributed by atoms with Gasteiger partial charge in [0.05, 0.1) is 24.2 Å². The van der Waals surface area contributed by atoms with E-state index in [1.165, 1.54) is 0 Å². The van der Waals surface area contributed by atoms with E-state index in [-0.39, 0.29) is 0 Å². The summed E-state index contributed by atoms with van der Waals surface area (Å²) in [5.41, 5.74) is 6.52. The Kier molecular flexibility index (Phi) is 6.46. The lowest BCUT2D eigenvalue weighted by molar-refractivity contribution is 0.213. The first-order valence-corrected chi connectivity index (χ1v) is 10.3. The third kappa shape index (κ3) is 4.78. The minimum Gasteiger partial charge on any atom is -0.494 e. The molecule has 5 nitrogen and oxygen atoms in total. The highest BCUT2D eigenvalue weighted by Gasteiger charge is 2.10. The van der Waals surface area contributed by atoms with E-state index in [2.05, 4.69) is 28.7 Å². The number of methoxy groups -OCH3 is 1. The SMILES string of the molecule is CO/N=C(/C)c1ccc(Nc2cc(/C=C/c3ccccc3)nc3c(OC)cccc23)cc1. The number of fused-ring (bicyclic) bond motifs is 1. The summed E-state index contributed by atoms with van der Waals surface area (Å²) < 4.78 is 5.58. The number of anilines is 2. The van der Waals surface area contributed by atoms with Gasteiger partial charge in [-0.1, -0.05) is 65.8 Å². The fourth-order valence-corrected chi connectivity index (χ4v) is 3.48. The molecule has 0 unspecified atom stereocenters. The van der Waals surface area contributed by atoms with Crippen molar-refractivity contribution in [3.05, 3.63) is 95.7 Å². The largest absolute Gasteiger partial charge is 0.494 e. The standard InChI is InChI=1S/C27H25N3O2/c1-19(30-32-3)21-13-16-22(17-14-21)28-25-18-23(15-12-20-8-5-4-6-9-20)29-27-24(25)10-7-11-26(27)31-2/h4-18H,1-3H3,(H,28,29)/b15-12+,30-19-. The van der Waals surface area contributed by atoms with Crippen molar-refractivity contribution in [3.8, 4) is 5.75 Å². The average Bonchev–Trinajstić information content (AvgIpc) is 2.83. The molecule has 4 rings (SSSR count). The van der Waals surface area contributed by atoms with Gasteiger partial charge in [0.1, 0.15) is 18.4 Å². The van der Waals surface area contributed by atoms with E-state index in [0.717, 1.165) is 50.6 Å². The Labute approximate surface area is 188 Å². The molecule has 1 N–H and O–H groups in total. The smallest absolute Gasteiger partial charge is 0.145 e. The number of aromatic nitrogens is 1. The van der Waals surface area contributed by atoms with Crippen LogP contribution in [0, 0.1) is 0 Å². The van der Waals surface area contributed by atoms with Crippen LogP contribution in [0.1, 0.15) is 23.7 Å². The molecule has 4 aromatic rings. The lowest BCUT2D eigenvalue weighted by atomic mass is 10.1. The number of rotatable bonds is 7. The highest BCUT2D eigenvalue weighted by Crippen LogP contribution is 2.32. The predicted octanol–water partition coefficient (Wildman–Crippen LogP) is 6.53. The first-order valence-electron chi connectivity index (χ1n) is 10.3. The third-order valence-corrected chi connectivity index (χ3v) is 5.10. The summed E-state index contributed by atoms with van der Waals surface area (Å²) in [7, 11) is 3.21. The van der Waals surface area contributed by atoms with Crippen molar-refractivity contribution in [2.45, 2.75) is 6.92 Å². The van der Waals surface area contributed by atoms with Crippen molar-refractivity contribution in [3.63, 3.8) is 0 Å². The van der Waals surface area contributed by atoms with Crippen LogP contribution in [0.4, 0.5) is 11.4 Å². The predicted molar refractivity (Wildman–Crippen MR) is 133 cm³/mol. The molecule has 0 amide bonds. The van der Waals surface area contributed by atoms with Crippen molar-refractivity contribution in [1.29, 1.82) is 0 Å². The van der Waals surface area contributed by atoms with E-state index in [0.29, 0.717) is 0 Å². The maximum absolute atomic E-state index is 5.58. The molecule has 160 valence electrons. The molecule has 0 spiro atoms. The van der Waals surface area contributed by atoms with Crippen LogP contribution in [0.3, 0.4) is 0 Å². The second-order valence-electron chi connectivity index (χ2n) is 7.26. The van der Waals surface area contributed by atoms with Gasteiger partial charge in [0.15, 0.2) is 0 Å². The molecule has 0 aliphatic heterocycles. The Morgan fingerprint density at radius 1 is 0.906 bits per heavy atom. The van der Waals surface area contributed by atoms with Gasteiger partial charge in [-0.25, -0.2) is 4.98 Å². The van der Waals surface area contributed by atoms with Crippen LogP contribution in [-0.4, -0.2) is 24.9 Å². The summed E-state index contributed by atoms with van der Waals surface area (Å²) in [5, 5.41) is 8.51. The molecule has 5 heteroatoms. The fourth-order valence-electron chi connectivity index (χ4n) is 3.48. The maximum atomic E-state index is 5.58. The summed E-state index contributed by atoms with van der Waals surface area (Å²) in [4.78, 5) is 9.71. The number of benzene rings is 3. The minimum atomic E-state index is 0.738. The van der Waals surface area contributed by atoms with Crippen LogP contribution in [0.15, 0.2) is 84.0 Å². The molecule has 0 aliphatic carbocycles. The summed E-state index contributed by atoms with van der Waals surface area (Å²) in [6, 6.07) is 26.2. The van der Waals surface area contributed by atoms with Crippen molar-refractivity contribution in [2.75, 3.05) is 19.5 Å². The van der Waals surface area contributed by atoms with E-state index in [4.69, 9.17) is 14.6 Å². The molecule has 0 aliphatic rings. The Morgan fingerprint density at radius 3 is 2.41 bits per heavy atom. The van der Waals surface area contributed by atoms with E-state index < -0.39 is 0 Å². The molecular formula is C27H25N3O2. The second kappa shape index (κ2) is 9.79. The Bertz CT molecular complexity index is 1260. The van der Waals surface area contributed by atoms with Crippen molar-refractivity contribution in [1.82, 2.24) is 4.98 Å². The lowest BCUT2D eigenvalue weighted by Gasteiger charge is -2.13. The number of pyridine rings is 1. The molecule has 0 fully saturated rings. The first-order chi connectivity index (χ1) is 15.7. The molecule has 1 heterocycles. The second-order valence-corrected chi connectivity index (χ2v) is 7.26. The molecule has 3 aromatic carbocycles. The van der Waals surface area contributed by atoms with Crippen LogP contribution >= 0.6 is 0 Å². The Hall–Kier alpha value is -4.12. The van der Waals surface area contributed by atoms with Gasteiger partial charge in [-0.15, -0.1) is 0 Å². The van der Waals surface area contributed by atoms with E-state index in [1.807, 2.05) is 79.7 Å². The number of para-hydroxylation sites is 1. The summed E-state index contributed by atoms with van der Waals surface area (Å²) in [6.07, 6.45) is 4.07. The quantitative estimate of drug-likeness (QED) is 0.271. The first kappa shape index (κ1) is 21.1. The minimum absolute atomic E-state index is 0.738. The van der Waals surface area contributed by atoms with Crippen molar-refractivity contribution < 1.29 is 9.57 Å². The Morgan fingerprint density at radius 2 is 1.69 bits per heavy atom. The molecule has 0 saturated heterocycles. The van der Waals surface area contributed by atoms with Gasteiger partial charge in [-0.05, 0) is 48.4 Å². The van der Waals surface area contributed by atoms with Crippen LogP contribution in [0.2, 0.25) is 0 Å². The van der Waals surface area contributed by atoms with Gasteiger partial charge < -0.3 is 14.9 Å². The normalized spacial score (nSPS) is 11.7. The van der Waals surface area contributed by atoms with Gasteiger partial charge in [0.2, 0.25) is 0 Å². The van der Waals surface area contributed by atoms with Gasteiger partial charge in [-0.2, -0.15) is 0 Å². The van der Waals surface area contributed by atoms with Gasteiger partial charge >= 0.3 is 0 Å². The van der Waals surface area contributed by atoms with Crippen molar-refractivity contribution >= 4 is 40.1 Å². The average molecular weight is 424 g/mol. The van der Waals surface area contributed by atoms with Gasteiger partial charge in [0.25, 0.3) is 0 Å². The number of nitrogens with one attached hydrogen (secondary N) is 1. The van der Waals surface area contributed by atoms with Crippen LogP contribution in [0.5, 0.6) is 5.75 Å². The van der Waals surface area contributed by atoms with E-state index in [1.54, 1.807) is 14.2 Å². The van der Waals surface area contributed by atoms with E-state index in [9.17, 15) is 0 Å². The van der Waals surface area contributed by atoms with Crippen LogP contribution < -0.4 is 10.1 Å². The number of hydrogen-bond acceptors (Lipinski definition) is 5. The highest BCUT2D eigenvalue weighted by molar-refractivity contribution is 5.99. The molecular weight excluding hydrogens is 398 g/mol. The summed E-state index contributed by atoms with van der Waals surface area (Å²) in [6.45, 7) is 1.92. The Balaban J connectivity index is 1.72. The zero-order valence-electron chi connectivity index (χ0n) is 18.4. The number of ether oxygens (including phenoxy) is 1. The van der Waals surface area contributed by atoms with E-state index >= 15 is 0 Å².